The van der Waals surface area contributed by atoms with Gasteiger partial charge in [0, 0.05) is 43.3 Å². The van der Waals surface area contributed by atoms with Crippen molar-refractivity contribution in [3.8, 4) is 0 Å². The molecule has 21 heavy (non-hydrogen) atoms. The Balaban J connectivity index is 1.46. The zero-order chi connectivity index (χ0) is 15.2. The first-order chi connectivity index (χ1) is 9.84. The van der Waals surface area contributed by atoms with Crippen LogP contribution in [0.15, 0.2) is 0 Å². The van der Waals surface area contributed by atoms with Crippen LogP contribution in [0, 0.1) is 5.92 Å². The lowest BCUT2D eigenvalue weighted by atomic mass is 9.82. The summed E-state index contributed by atoms with van der Waals surface area (Å²) in [4.78, 5) is 8.19. The molecule has 3 nitrogen and oxygen atoms in total. The minimum Gasteiger partial charge on any atom is -0.301 e. The summed E-state index contributed by atoms with van der Waals surface area (Å²) in [6, 6.07) is 2.44. The van der Waals surface area contributed by atoms with E-state index in [1.165, 1.54) is 52.0 Å². The van der Waals surface area contributed by atoms with E-state index in [0.29, 0.717) is 5.54 Å². The van der Waals surface area contributed by atoms with Gasteiger partial charge in [-0.15, -0.1) is 0 Å². The molecule has 0 aromatic rings. The standard InChI is InChI=1S/C18H35N3/c1-14(2)19-8-6-15(7-9-19)11-21-16-10-17(21)13-20(12-16)18(3,4)5/h14-17H,6-13H2,1-5H3. The molecule has 3 heterocycles. The third kappa shape index (κ3) is 3.30. The van der Waals surface area contributed by atoms with Crippen molar-refractivity contribution in [3.05, 3.63) is 0 Å². The van der Waals surface area contributed by atoms with Crippen LogP contribution in [0.25, 0.3) is 0 Å². The first kappa shape index (κ1) is 15.8. The molecule has 3 heteroatoms. The third-order valence-corrected chi connectivity index (χ3v) is 6.14. The summed E-state index contributed by atoms with van der Waals surface area (Å²) in [5, 5.41) is 0. The van der Waals surface area contributed by atoms with E-state index in [4.69, 9.17) is 0 Å². The molecule has 3 saturated heterocycles. The molecule has 3 aliphatic rings. The van der Waals surface area contributed by atoms with Crippen LogP contribution in [-0.4, -0.2) is 71.1 Å². The van der Waals surface area contributed by atoms with Crippen molar-refractivity contribution in [3.63, 3.8) is 0 Å². The molecule has 0 N–H and O–H groups in total. The number of rotatable bonds is 3. The Morgan fingerprint density at radius 3 is 2.05 bits per heavy atom. The van der Waals surface area contributed by atoms with Gasteiger partial charge >= 0.3 is 0 Å². The summed E-state index contributed by atoms with van der Waals surface area (Å²) in [7, 11) is 0. The second-order valence-electron chi connectivity index (χ2n) is 8.89. The van der Waals surface area contributed by atoms with E-state index in [1.54, 1.807) is 0 Å². The summed E-state index contributed by atoms with van der Waals surface area (Å²) in [5.41, 5.74) is 0.353. The van der Waals surface area contributed by atoms with Gasteiger partial charge in [0.1, 0.15) is 0 Å². The summed E-state index contributed by atoms with van der Waals surface area (Å²) in [6.45, 7) is 18.4. The first-order valence-corrected chi connectivity index (χ1v) is 9.09. The Kier molecular flexibility index (Phi) is 4.37. The van der Waals surface area contributed by atoms with Crippen molar-refractivity contribution in [2.45, 2.75) is 77.5 Å². The predicted molar refractivity (Wildman–Crippen MR) is 89.7 cm³/mol. The van der Waals surface area contributed by atoms with Crippen molar-refractivity contribution in [2.24, 2.45) is 5.92 Å². The molecule has 0 aromatic heterocycles. The molecule has 0 radical (unpaired) electrons. The SMILES string of the molecule is CC(C)N1CCC(CN2C3CC2CN(C(C)(C)C)C3)CC1. The highest BCUT2D eigenvalue weighted by Gasteiger charge is 2.47. The molecular formula is C18H35N3. The average Bonchev–Trinajstić information content (AvgIpc) is 2.44. The Hall–Kier alpha value is -0.120. The summed E-state index contributed by atoms with van der Waals surface area (Å²) < 4.78 is 0. The van der Waals surface area contributed by atoms with Gasteiger partial charge in [-0.2, -0.15) is 0 Å². The largest absolute Gasteiger partial charge is 0.301 e. The Morgan fingerprint density at radius 2 is 1.57 bits per heavy atom. The van der Waals surface area contributed by atoms with Gasteiger partial charge in [0.25, 0.3) is 0 Å². The normalized spacial score (nSPS) is 33.4. The fourth-order valence-corrected chi connectivity index (χ4v) is 4.48. The van der Waals surface area contributed by atoms with Crippen LogP contribution in [0.4, 0.5) is 0 Å². The van der Waals surface area contributed by atoms with Gasteiger partial charge in [-0.3, -0.25) is 9.80 Å². The quantitative estimate of drug-likeness (QED) is 0.792. The molecule has 2 atom stereocenters. The molecule has 0 aliphatic carbocycles. The van der Waals surface area contributed by atoms with E-state index in [9.17, 15) is 0 Å². The van der Waals surface area contributed by atoms with Gasteiger partial charge < -0.3 is 4.90 Å². The van der Waals surface area contributed by atoms with Crippen molar-refractivity contribution < 1.29 is 0 Å². The summed E-state index contributed by atoms with van der Waals surface area (Å²) in [5.74, 6) is 0.950. The molecule has 0 spiro atoms. The maximum atomic E-state index is 2.85. The third-order valence-electron chi connectivity index (χ3n) is 6.14. The lowest BCUT2D eigenvalue weighted by molar-refractivity contribution is -0.104. The second-order valence-corrected chi connectivity index (χ2v) is 8.89. The van der Waals surface area contributed by atoms with Crippen LogP contribution in [0.3, 0.4) is 0 Å². The molecule has 0 aromatic carbocycles. The zero-order valence-corrected chi connectivity index (χ0v) is 14.8. The number of hydrogen-bond acceptors (Lipinski definition) is 3. The molecule has 3 rings (SSSR count). The Morgan fingerprint density at radius 1 is 1.00 bits per heavy atom. The maximum absolute atomic E-state index is 2.85. The van der Waals surface area contributed by atoms with Crippen molar-refractivity contribution in [1.82, 2.24) is 14.7 Å². The van der Waals surface area contributed by atoms with Crippen molar-refractivity contribution in [2.75, 3.05) is 32.7 Å². The Bertz CT molecular complexity index is 340. The fourth-order valence-electron chi connectivity index (χ4n) is 4.48. The van der Waals surface area contributed by atoms with E-state index in [2.05, 4.69) is 49.3 Å². The first-order valence-electron chi connectivity index (χ1n) is 9.09. The number of piperidine rings is 2. The molecule has 0 amide bonds. The van der Waals surface area contributed by atoms with Crippen LogP contribution in [0.2, 0.25) is 0 Å². The highest BCUT2D eigenvalue weighted by molar-refractivity contribution is 5.03. The Labute approximate surface area is 131 Å². The monoisotopic (exact) mass is 293 g/mol. The van der Waals surface area contributed by atoms with E-state index >= 15 is 0 Å². The summed E-state index contributed by atoms with van der Waals surface area (Å²) >= 11 is 0. The molecule has 3 aliphatic heterocycles. The number of fused-ring (bicyclic) bond motifs is 2. The lowest BCUT2D eigenvalue weighted by Gasteiger charge is -2.60. The van der Waals surface area contributed by atoms with Crippen LogP contribution in [0.1, 0.15) is 53.9 Å². The van der Waals surface area contributed by atoms with E-state index < -0.39 is 0 Å². The molecule has 122 valence electrons. The van der Waals surface area contributed by atoms with Gasteiger partial charge in [-0.05, 0) is 72.9 Å². The number of piperazine rings is 1. The van der Waals surface area contributed by atoms with E-state index in [-0.39, 0.29) is 0 Å². The smallest absolute Gasteiger partial charge is 0.0242 e. The fraction of sp³-hybridized carbons (Fsp3) is 1.00. The minimum absolute atomic E-state index is 0.353. The van der Waals surface area contributed by atoms with E-state index in [0.717, 1.165) is 24.0 Å². The second kappa shape index (κ2) is 5.82. The molecule has 2 bridgehead atoms. The van der Waals surface area contributed by atoms with Crippen molar-refractivity contribution >= 4 is 0 Å². The molecular weight excluding hydrogens is 258 g/mol. The van der Waals surface area contributed by atoms with E-state index in [1.807, 2.05) is 0 Å². The zero-order valence-electron chi connectivity index (χ0n) is 14.8. The number of hydrogen-bond donors (Lipinski definition) is 0. The lowest BCUT2D eigenvalue weighted by Crippen LogP contribution is -2.71. The molecule has 2 unspecified atom stereocenters. The molecule has 3 fully saturated rings. The van der Waals surface area contributed by atoms with Crippen molar-refractivity contribution in [1.29, 1.82) is 0 Å². The van der Waals surface area contributed by atoms with Crippen LogP contribution in [0.5, 0.6) is 0 Å². The van der Waals surface area contributed by atoms with Gasteiger partial charge in [-0.1, -0.05) is 0 Å². The van der Waals surface area contributed by atoms with Gasteiger partial charge in [0.05, 0.1) is 0 Å². The number of nitrogens with zero attached hydrogens (tertiary/aromatic N) is 3. The topological polar surface area (TPSA) is 9.72 Å². The van der Waals surface area contributed by atoms with Gasteiger partial charge in [0.2, 0.25) is 0 Å². The van der Waals surface area contributed by atoms with Crippen LogP contribution < -0.4 is 0 Å². The summed E-state index contributed by atoms with van der Waals surface area (Å²) in [6.07, 6.45) is 4.28. The predicted octanol–water partition coefficient (Wildman–Crippen LogP) is 2.66. The highest BCUT2D eigenvalue weighted by atomic mass is 15.4. The maximum Gasteiger partial charge on any atom is 0.0242 e. The van der Waals surface area contributed by atoms with Gasteiger partial charge in [-0.25, -0.2) is 0 Å². The highest BCUT2D eigenvalue weighted by Crippen LogP contribution is 2.36. The van der Waals surface area contributed by atoms with Crippen LogP contribution in [-0.2, 0) is 0 Å². The molecule has 0 saturated carbocycles. The number of likely N-dealkylation sites (tertiary alicyclic amines) is 3. The van der Waals surface area contributed by atoms with Gasteiger partial charge in [0.15, 0.2) is 0 Å². The minimum atomic E-state index is 0.353. The van der Waals surface area contributed by atoms with Crippen LogP contribution >= 0.6 is 0 Å². The average molecular weight is 293 g/mol.